The summed E-state index contributed by atoms with van der Waals surface area (Å²) in [7, 11) is 0. The number of benzene rings is 2. The minimum absolute atomic E-state index is 0.0556. The lowest BCUT2D eigenvalue weighted by molar-refractivity contribution is -0.213. The van der Waals surface area contributed by atoms with E-state index in [4.69, 9.17) is 49.0 Å². The Bertz CT molecular complexity index is 986. The van der Waals surface area contributed by atoms with Crippen molar-refractivity contribution in [3.05, 3.63) is 81.3 Å². The first-order chi connectivity index (χ1) is 15.6. The maximum absolute atomic E-state index is 6.28. The van der Waals surface area contributed by atoms with Gasteiger partial charge in [-0.2, -0.15) is 5.10 Å². The Balaban J connectivity index is 1.32. The third kappa shape index (κ3) is 6.67. The fraction of sp³-hybridized carbons (Fsp3) is 0.391. The van der Waals surface area contributed by atoms with Crippen molar-refractivity contribution in [2.24, 2.45) is 0 Å². The summed E-state index contributed by atoms with van der Waals surface area (Å²) in [6.45, 7) is 1.36. The second kappa shape index (κ2) is 11.5. The molecule has 0 radical (unpaired) electrons. The first-order valence-corrected chi connectivity index (χ1v) is 11.6. The number of halogens is 3. The molecule has 170 valence electrons. The van der Waals surface area contributed by atoms with Gasteiger partial charge in [0.2, 0.25) is 0 Å². The van der Waals surface area contributed by atoms with Crippen molar-refractivity contribution in [3.8, 4) is 0 Å². The van der Waals surface area contributed by atoms with Gasteiger partial charge in [-0.05, 0) is 54.7 Å². The van der Waals surface area contributed by atoms with Crippen LogP contribution in [0.2, 0.25) is 15.1 Å². The maximum atomic E-state index is 6.28. The van der Waals surface area contributed by atoms with E-state index < -0.39 is 0 Å². The van der Waals surface area contributed by atoms with Crippen LogP contribution in [0.3, 0.4) is 0 Å². The zero-order valence-corrected chi connectivity index (χ0v) is 19.6. The second-order valence-corrected chi connectivity index (χ2v) is 8.94. The van der Waals surface area contributed by atoms with Gasteiger partial charge in [-0.25, -0.2) is 4.98 Å². The maximum Gasteiger partial charge on any atom is 0.158 e. The molecule has 1 saturated heterocycles. The minimum atomic E-state index is -0.298. The number of rotatable bonds is 9. The van der Waals surface area contributed by atoms with Crippen molar-refractivity contribution < 1.29 is 14.2 Å². The average Bonchev–Trinajstić information content (AvgIpc) is 3.30. The van der Waals surface area contributed by atoms with E-state index in [2.05, 4.69) is 10.1 Å². The summed E-state index contributed by atoms with van der Waals surface area (Å²) in [4.78, 5) is 4.02. The Morgan fingerprint density at radius 1 is 1.06 bits per heavy atom. The summed E-state index contributed by atoms with van der Waals surface area (Å²) >= 11 is 18.3. The largest absolute Gasteiger partial charge is 0.369 e. The molecule has 2 heterocycles. The molecule has 0 saturated carbocycles. The zero-order valence-electron chi connectivity index (χ0n) is 17.4. The van der Waals surface area contributed by atoms with Gasteiger partial charge in [0.25, 0.3) is 0 Å². The highest BCUT2D eigenvalue weighted by Crippen LogP contribution is 2.27. The lowest BCUT2D eigenvalue weighted by Gasteiger charge is -2.31. The zero-order chi connectivity index (χ0) is 22.3. The van der Waals surface area contributed by atoms with Gasteiger partial charge in [0, 0.05) is 15.1 Å². The van der Waals surface area contributed by atoms with E-state index in [1.54, 1.807) is 23.1 Å². The van der Waals surface area contributed by atoms with Crippen LogP contribution in [0.1, 0.15) is 36.5 Å². The molecule has 9 heteroatoms. The molecule has 3 aromatic rings. The molecule has 3 atom stereocenters. The summed E-state index contributed by atoms with van der Waals surface area (Å²) < 4.78 is 20.1. The van der Waals surface area contributed by atoms with Crippen LogP contribution in [0.4, 0.5) is 0 Å². The molecular formula is C23H24Cl3N3O3. The van der Waals surface area contributed by atoms with Crippen LogP contribution in [0.15, 0.2) is 55.1 Å². The van der Waals surface area contributed by atoms with E-state index in [0.29, 0.717) is 34.8 Å². The van der Waals surface area contributed by atoms with Crippen molar-refractivity contribution in [2.75, 3.05) is 6.61 Å². The molecule has 2 aromatic carbocycles. The lowest BCUT2D eigenvalue weighted by Crippen LogP contribution is -2.33. The molecule has 0 bridgehead atoms. The van der Waals surface area contributed by atoms with E-state index in [1.807, 2.05) is 30.3 Å². The number of aromatic nitrogens is 3. The molecule has 3 unspecified atom stereocenters. The molecule has 1 fully saturated rings. The topological polar surface area (TPSA) is 58.4 Å². The van der Waals surface area contributed by atoms with E-state index >= 15 is 0 Å². The molecule has 0 aliphatic carbocycles. The van der Waals surface area contributed by atoms with Crippen LogP contribution in [0, 0.1) is 0 Å². The van der Waals surface area contributed by atoms with E-state index in [0.717, 1.165) is 30.4 Å². The fourth-order valence-corrected chi connectivity index (χ4v) is 4.17. The first kappa shape index (κ1) is 23.5. The van der Waals surface area contributed by atoms with Crippen molar-refractivity contribution in [3.63, 3.8) is 0 Å². The van der Waals surface area contributed by atoms with Gasteiger partial charge < -0.3 is 14.2 Å². The van der Waals surface area contributed by atoms with Crippen molar-refractivity contribution >= 4 is 34.8 Å². The predicted octanol–water partition coefficient (Wildman–Crippen LogP) is 6.11. The molecule has 4 rings (SSSR count). The van der Waals surface area contributed by atoms with Gasteiger partial charge in [-0.3, -0.25) is 4.68 Å². The monoisotopic (exact) mass is 495 g/mol. The Kier molecular flexibility index (Phi) is 8.41. The van der Waals surface area contributed by atoms with Gasteiger partial charge in [0.1, 0.15) is 18.8 Å². The quantitative estimate of drug-likeness (QED) is 0.358. The highest BCUT2D eigenvalue weighted by molar-refractivity contribution is 6.35. The first-order valence-electron chi connectivity index (χ1n) is 10.5. The normalized spacial score (nSPS) is 19.7. The van der Waals surface area contributed by atoms with Crippen molar-refractivity contribution in [1.29, 1.82) is 0 Å². The molecule has 1 aromatic heterocycles. The minimum Gasteiger partial charge on any atom is -0.369 e. The Hall–Kier alpha value is -1.67. The SMILES string of the molecule is Clc1ccc(C(Cn2cncn2)OCC2CCCC(OCc3ccc(Cl)cc3Cl)O2)cc1. The van der Waals surface area contributed by atoms with E-state index in [9.17, 15) is 0 Å². The highest BCUT2D eigenvalue weighted by atomic mass is 35.5. The van der Waals surface area contributed by atoms with E-state index in [-0.39, 0.29) is 18.5 Å². The van der Waals surface area contributed by atoms with Crippen LogP contribution in [0.25, 0.3) is 0 Å². The fourth-order valence-electron chi connectivity index (χ4n) is 3.58. The van der Waals surface area contributed by atoms with Crippen molar-refractivity contribution in [2.45, 2.75) is 50.9 Å². The molecule has 32 heavy (non-hydrogen) atoms. The molecule has 1 aliphatic heterocycles. The van der Waals surface area contributed by atoms with E-state index in [1.165, 1.54) is 6.33 Å². The third-order valence-electron chi connectivity index (χ3n) is 5.29. The Labute approximate surface area is 202 Å². The van der Waals surface area contributed by atoms with Crippen LogP contribution >= 0.6 is 34.8 Å². The molecule has 6 nitrogen and oxygen atoms in total. The molecule has 0 N–H and O–H groups in total. The standard InChI is InChI=1S/C23H24Cl3N3O3/c24-18-7-4-16(5-8-18)22(11-29-15-27-14-28-29)30-13-20-2-1-3-23(32-20)31-12-17-6-9-19(25)10-21(17)26/h4-10,14-15,20,22-23H,1-3,11-13H2. The predicted molar refractivity (Wildman–Crippen MR) is 124 cm³/mol. The van der Waals surface area contributed by atoms with Crippen LogP contribution in [-0.4, -0.2) is 33.8 Å². The van der Waals surface area contributed by atoms with Gasteiger partial charge in [0.05, 0.1) is 25.9 Å². The van der Waals surface area contributed by atoms with Crippen LogP contribution < -0.4 is 0 Å². The number of ether oxygens (including phenoxy) is 3. The van der Waals surface area contributed by atoms with Gasteiger partial charge in [0.15, 0.2) is 6.29 Å². The number of hydrogen-bond donors (Lipinski definition) is 0. The smallest absolute Gasteiger partial charge is 0.158 e. The molecule has 0 amide bonds. The lowest BCUT2D eigenvalue weighted by atomic mass is 10.1. The van der Waals surface area contributed by atoms with Crippen LogP contribution in [0.5, 0.6) is 0 Å². The highest BCUT2D eigenvalue weighted by Gasteiger charge is 2.25. The summed E-state index contributed by atoms with van der Waals surface area (Å²) in [6, 6.07) is 13.0. The number of hydrogen-bond acceptors (Lipinski definition) is 5. The van der Waals surface area contributed by atoms with Gasteiger partial charge in [-0.1, -0.05) is 53.0 Å². The third-order valence-corrected chi connectivity index (χ3v) is 6.13. The van der Waals surface area contributed by atoms with Gasteiger partial charge >= 0.3 is 0 Å². The van der Waals surface area contributed by atoms with Crippen LogP contribution in [-0.2, 0) is 27.4 Å². The Morgan fingerprint density at radius 3 is 2.62 bits per heavy atom. The van der Waals surface area contributed by atoms with Gasteiger partial charge in [-0.15, -0.1) is 0 Å². The summed E-state index contributed by atoms with van der Waals surface area (Å²) in [5, 5.41) is 6.08. The summed E-state index contributed by atoms with van der Waals surface area (Å²) in [6.07, 6.45) is 5.38. The second-order valence-electron chi connectivity index (χ2n) is 7.66. The van der Waals surface area contributed by atoms with Crippen molar-refractivity contribution in [1.82, 2.24) is 14.8 Å². The molecular weight excluding hydrogens is 473 g/mol. The number of nitrogens with zero attached hydrogens (tertiary/aromatic N) is 3. The Morgan fingerprint density at radius 2 is 1.88 bits per heavy atom. The summed E-state index contributed by atoms with van der Waals surface area (Å²) in [5.41, 5.74) is 1.90. The molecule has 1 aliphatic rings. The molecule has 0 spiro atoms. The average molecular weight is 497 g/mol. The summed E-state index contributed by atoms with van der Waals surface area (Å²) in [5.74, 6) is 0.